The molecule has 3 heterocycles. The van der Waals surface area contributed by atoms with Crippen molar-refractivity contribution in [1.82, 2.24) is 20.2 Å². The number of urea groups is 1. The summed E-state index contributed by atoms with van der Waals surface area (Å²) in [5, 5.41) is 23.8. The molecule has 0 bridgehead atoms. The van der Waals surface area contributed by atoms with E-state index in [0.717, 1.165) is 33.6 Å². The summed E-state index contributed by atoms with van der Waals surface area (Å²) in [6, 6.07) is 24.0. The molecule has 7 rings (SSSR count). The number of halogens is 2. The number of methoxy groups -OCH3 is 1. The Morgan fingerprint density at radius 2 is 1.47 bits per heavy atom. The largest absolute Gasteiger partial charge is 0.480 e. The van der Waals surface area contributed by atoms with Crippen LogP contribution in [0, 0.1) is 11.6 Å². The Bertz CT molecular complexity index is 2450. The normalized spacial score (nSPS) is 13.3. The van der Waals surface area contributed by atoms with Crippen molar-refractivity contribution in [3.8, 4) is 5.88 Å². The van der Waals surface area contributed by atoms with Crippen LogP contribution < -0.4 is 30.9 Å². The minimum Gasteiger partial charge on any atom is -0.480 e. The van der Waals surface area contributed by atoms with Crippen molar-refractivity contribution in [2.24, 2.45) is 0 Å². The van der Waals surface area contributed by atoms with E-state index in [4.69, 9.17) is 9.72 Å². The summed E-state index contributed by atoms with van der Waals surface area (Å²) in [5.74, 6) is -2.37. The molecular weight excluding hydrogens is 747 g/mol. The lowest BCUT2D eigenvalue weighted by Crippen LogP contribution is -2.50. The lowest BCUT2D eigenvalue weighted by Gasteiger charge is -2.36. The highest BCUT2D eigenvalue weighted by Gasteiger charge is 2.26. The molecule has 1 saturated heterocycles. The average molecular weight is 789 g/mol. The van der Waals surface area contributed by atoms with Gasteiger partial charge in [-0.1, -0.05) is 43.3 Å². The van der Waals surface area contributed by atoms with E-state index in [1.54, 1.807) is 34.9 Å². The first kappa shape index (κ1) is 39.4. The van der Waals surface area contributed by atoms with Crippen LogP contribution in [0.25, 0.3) is 21.8 Å². The van der Waals surface area contributed by atoms with Crippen LogP contribution in [0.1, 0.15) is 35.5 Å². The van der Waals surface area contributed by atoms with Gasteiger partial charge in [-0.15, -0.1) is 0 Å². The van der Waals surface area contributed by atoms with Gasteiger partial charge in [0, 0.05) is 60.1 Å². The van der Waals surface area contributed by atoms with E-state index in [1.807, 2.05) is 55.5 Å². The summed E-state index contributed by atoms with van der Waals surface area (Å²) >= 11 is 0. The number of anilines is 5. The van der Waals surface area contributed by atoms with Gasteiger partial charge in [-0.25, -0.2) is 23.5 Å². The molecule has 1 aliphatic rings. The van der Waals surface area contributed by atoms with Crippen LogP contribution in [0.3, 0.4) is 0 Å². The number of para-hydroxylation sites is 2. The Morgan fingerprint density at radius 1 is 0.828 bits per heavy atom. The van der Waals surface area contributed by atoms with E-state index >= 15 is 0 Å². The number of amides is 4. The second-order valence-electron chi connectivity index (χ2n) is 13.8. The quantitative estimate of drug-likeness (QED) is 0.0873. The topological polar surface area (TPSA) is 161 Å². The second-order valence-corrected chi connectivity index (χ2v) is 13.8. The minimum atomic E-state index is -1.01. The zero-order valence-corrected chi connectivity index (χ0v) is 32.1. The molecule has 1 atom stereocenters. The van der Waals surface area contributed by atoms with E-state index in [9.17, 15) is 28.3 Å². The maximum absolute atomic E-state index is 13.8. The number of carbonyl (C=O) groups excluding carboxylic acids is 3. The van der Waals surface area contributed by atoms with E-state index in [1.165, 1.54) is 25.3 Å². The maximum atomic E-state index is 13.8. The third-order valence-corrected chi connectivity index (χ3v) is 9.90. The number of fused-ring (bicyclic) bond motifs is 2. The molecule has 0 aliphatic carbocycles. The molecule has 298 valence electrons. The van der Waals surface area contributed by atoms with E-state index in [2.05, 4.69) is 26.3 Å². The monoisotopic (exact) mass is 788 g/mol. The summed E-state index contributed by atoms with van der Waals surface area (Å²) < 4.78 is 33.1. The third kappa shape index (κ3) is 8.59. The Labute approximate surface area is 333 Å². The summed E-state index contributed by atoms with van der Waals surface area (Å²) in [6.45, 7) is 4.30. The number of hydrogen-bond donors (Lipinski definition) is 5. The van der Waals surface area contributed by atoms with Crippen LogP contribution in [-0.2, 0) is 17.8 Å². The summed E-state index contributed by atoms with van der Waals surface area (Å²) in [6.07, 6.45) is 0.350. The van der Waals surface area contributed by atoms with Gasteiger partial charge in [0.1, 0.15) is 23.4 Å². The zero-order valence-electron chi connectivity index (χ0n) is 32.1. The van der Waals surface area contributed by atoms with Crippen LogP contribution in [-0.4, -0.2) is 77.2 Å². The second kappa shape index (κ2) is 17.1. The molecule has 1 aliphatic heterocycles. The molecule has 0 spiro atoms. The van der Waals surface area contributed by atoms with Gasteiger partial charge in [0.25, 0.3) is 5.91 Å². The van der Waals surface area contributed by atoms with Crippen LogP contribution >= 0.6 is 0 Å². The first-order valence-corrected chi connectivity index (χ1v) is 18.8. The number of aliphatic hydroxyl groups excluding tert-OH is 1. The van der Waals surface area contributed by atoms with Crippen molar-refractivity contribution in [2.75, 3.05) is 54.1 Å². The molecular formula is C43H42F2N8O5. The van der Waals surface area contributed by atoms with Crippen molar-refractivity contribution in [1.29, 1.82) is 0 Å². The first-order valence-electron chi connectivity index (χ1n) is 18.8. The van der Waals surface area contributed by atoms with Gasteiger partial charge < -0.3 is 40.9 Å². The zero-order chi connectivity index (χ0) is 40.9. The Kier molecular flexibility index (Phi) is 11.6. The highest BCUT2D eigenvalue weighted by Crippen LogP contribution is 2.34. The minimum absolute atomic E-state index is 0.0994. The van der Waals surface area contributed by atoms with Gasteiger partial charge in [-0.05, 0) is 67.4 Å². The number of nitrogens with zero attached hydrogens (tertiary/aromatic N) is 4. The van der Waals surface area contributed by atoms with Gasteiger partial charge >= 0.3 is 6.03 Å². The molecule has 1 fully saturated rings. The third-order valence-electron chi connectivity index (χ3n) is 9.90. The average Bonchev–Trinajstić information content (AvgIpc) is 3.22. The number of aryl methyl sites for hydroxylation is 1. The molecule has 0 saturated carbocycles. The van der Waals surface area contributed by atoms with Gasteiger partial charge in [0.15, 0.2) is 0 Å². The van der Waals surface area contributed by atoms with E-state index < -0.39 is 35.5 Å². The predicted octanol–water partition coefficient (Wildman–Crippen LogP) is 6.98. The molecule has 6 aromatic rings. The number of hydrogen-bond acceptors (Lipinski definition) is 9. The fraction of sp³-hybridized carbons (Fsp3) is 0.233. The van der Waals surface area contributed by atoms with Gasteiger partial charge in [0.05, 0.1) is 41.7 Å². The molecule has 2 aromatic heterocycles. The summed E-state index contributed by atoms with van der Waals surface area (Å²) in [4.78, 5) is 53.2. The van der Waals surface area contributed by atoms with Crippen LogP contribution in [0.15, 0.2) is 91.0 Å². The number of aromatic nitrogens is 2. The lowest BCUT2D eigenvalue weighted by molar-refractivity contribution is -0.117. The first-order chi connectivity index (χ1) is 28.0. The van der Waals surface area contributed by atoms with Crippen LogP contribution in [0.2, 0.25) is 0 Å². The molecule has 4 aromatic carbocycles. The van der Waals surface area contributed by atoms with E-state index in [0.29, 0.717) is 47.8 Å². The Hall–Kier alpha value is -6.87. The van der Waals surface area contributed by atoms with Crippen LogP contribution in [0.4, 0.5) is 42.0 Å². The number of pyridine rings is 2. The summed E-state index contributed by atoms with van der Waals surface area (Å²) in [5.41, 5.74) is 5.08. The van der Waals surface area contributed by atoms with Gasteiger partial charge in [-0.2, -0.15) is 0 Å². The number of rotatable bonds is 11. The van der Waals surface area contributed by atoms with Crippen molar-refractivity contribution >= 4 is 68.1 Å². The standard InChI is InChI=1S/C43H42F2N8O5/c1-4-35-34(23-38(42(50-35)58-3)51-43(57)53-15-13-52(14-16-53)31-20-27(44)19-28(45)21-31)41(56)46-25(2)40(55)48-30-18-26(24-54)17-29(22-30)47-39-32-9-5-7-11-36(32)49-37-12-8-6-10-33(37)39/h5-12,17-23,25,54H,4,13-16,24H2,1-3H3,(H,46,56)(H,47,49)(H,48,55)(H,51,57). The Morgan fingerprint density at radius 3 is 2.09 bits per heavy atom. The molecule has 0 radical (unpaired) electrons. The molecule has 15 heteroatoms. The fourth-order valence-corrected chi connectivity index (χ4v) is 6.96. The molecule has 1 unspecified atom stereocenters. The summed E-state index contributed by atoms with van der Waals surface area (Å²) in [7, 11) is 1.40. The van der Waals surface area contributed by atoms with Crippen molar-refractivity contribution < 1.29 is 33.0 Å². The predicted molar refractivity (Wildman–Crippen MR) is 220 cm³/mol. The van der Waals surface area contributed by atoms with Crippen molar-refractivity contribution in [3.05, 3.63) is 119 Å². The van der Waals surface area contributed by atoms with Gasteiger partial charge in [-0.3, -0.25) is 9.59 Å². The SMILES string of the molecule is CCc1nc(OC)c(NC(=O)N2CCN(c3cc(F)cc(F)c3)CC2)cc1C(=O)NC(C)C(=O)Nc1cc(CO)cc(Nc2c3ccccc3nc3ccccc23)c1. The van der Waals surface area contributed by atoms with Crippen LogP contribution in [0.5, 0.6) is 5.88 Å². The van der Waals surface area contributed by atoms with Gasteiger partial charge in [0.2, 0.25) is 11.8 Å². The molecule has 4 amide bonds. The number of nitrogens with one attached hydrogen (secondary N) is 4. The number of aliphatic hydroxyl groups is 1. The lowest BCUT2D eigenvalue weighted by atomic mass is 10.1. The number of piperazine rings is 1. The van der Waals surface area contributed by atoms with Crippen molar-refractivity contribution in [2.45, 2.75) is 32.9 Å². The van der Waals surface area contributed by atoms with Crippen molar-refractivity contribution in [3.63, 3.8) is 0 Å². The fourth-order valence-electron chi connectivity index (χ4n) is 6.96. The molecule has 13 nitrogen and oxygen atoms in total. The highest BCUT2D eigenvalue weighted by atomic mass is 19.1. The number of carbonyl (C=O) groups is 3. The molecule has 5 N–H and O–H groups in total. The maximum Gasteiger partial charge on any atom is 0.322 e. The number of benzene rings is 4. The molecule has 58 heavy (non-hydrogen) atoms. The number of ether oxygens (including phenoxy) is 1. The smallest absolute Gasteiger partial charge is 0.322 e. The Balaban J connectivity index is 1.04. The highest BCUT2D eigenvalue weighted by molar-refractivity contribution is 6.09. The van der Waals surface area contributed by atoms with E-state index in [-0.39, 0.29) is 36.8 Å².